The van der Waals surface area contributed by atoms with Crippen LogP contribution in [0.3, 0.4) is 0 Å². The molecule has 2 heterocycles. The van der Waals surface area contributed by atoms with Crippen molar-refractivity contribution in [3.05, 3.63) is 23.7 Å². The summed E-state index contributed by atoms with van der Waals surface area (Å²) < 4.78 is 5.65. The van der Waals surface area contributed by atoms with Gasteiger partial charge in [-0.15, -0.1) is 0 Å². The molecule has 1 aliphatic rings. The zero-order valence-corrected chi connectivity index (χ0v) is 13.2. The minimum Gasteiger partial charge on any atom is -0.468 e. The third-order valence-electron chi connectivity index (χ3n) is 4.02. The lowest BCUT2D eigenvalue weighted by Crippen LogP contribution is -2.27. The molecule has 3 nitrogen and oxygen atoms in total. The molecule has 2 rings (SSSR count). The minimum atomic E-state index is 0.683. The molecule has 0 aliphatic carbocycles. The third kappa shape index (κ3) is 5.29. The summed E-state index contributed by atoms with van der Waals surface area (Å²) in [6.07, 6.45) is 8.74. The van der Waals surface area contributed by atoms with E-state index in [0.29, 0.717) is 5.92 Å². The van der Waals surface area contributed by atoms with E-state index >= 15 is 0 Å². The van der Waals surface area contributed by atoms with Crippen LogP contribution in [0.25, 0.3) is 0 Å². The van der Waals surface area contributed by atoms with E-state index in [1.54, 1.807) is 0 Å². The fourth-order valence-electron chi connectivity index (χ4n) is 2.85. The first-order chi connectivity index (χ1) is 9.75. The lowest BCUT2D eigenvalue weighted by Gasteiger charge is -2.24. The van der Waals surface area contributed by atoms with Crippen molar-refractivity contribution < 1.29 is 4.42 Å². The van der Waals surface area contributed by atoms with Gasteiger partial charge in [-0.25, -0.2) is 0 Å². The SMILES string of the molecule is CC(C)CNCc1occc1CN1CCCCCCC1. The molecule has 1 aromatic heterocycles. The Balaban J connectivity index is 1.83. The van der Waals surface area contributed by atoms with Crippen molar-refractivity contribution in [1.29, 1.82) is 0 Å². The van der Waals surface area contributed by atoms with Crippen LogP contribution in [0.1, 0.15) is 57.3 Å². The molecule has 0 atom stereocenters. The van der Waals surface area contributed by atoms with E-state index in [9.17, 15) is 0 Å². The van der Waals surface area contributed by atoms with E-state index in [4.69, 9.17) is 4.42 Å². The van der Waals surface area contributed by atoms with E-state index in [-0.39, 0.29) is 0 Å². The van der Waals surface area contributed by atoms with Gasteiger partial charge in [-0.3, -0.25) is 4.90 Å². The van der Waals surface area contributed by atoms with E-state index in [1.165, 1.54) is 50.8 Å². The monoisotopic (exact) mass is 278 g/mol. The van der Waals surface area contributed by atoms with Gasteiger partial charge in [-0.1, -0.05) is 33.1 Å². The molecule has 0 radical (unpaired) electrons. The highest BCUT2D eigenvalue weighted by molar-refractivity contribution is 5.16. The number of nitrogens with one attached hydrogen (secondary N) is 1. The molecule has 0 bridgehead atoms. The second-order valence-corrected chi connectivity index (χ2v) is 6.44. The summed E-state index contributed by atoms with van der Waals surface area (Å²) in [6.45, 7) is 9.90. The van der Waals surface area contributed by atoms with Crippen molar-refractivity contribution in [2.75, 3.05) is 19.6 Å². The van der Waals surface area contributed by atoms with Gasteiger partial charge in [-0.2, -0.15) is 0 Å². The van der Waals surface area contributed by atoms with Crippen LogP contribution in [0.4, 0.5) is 0 Å². The maximum absolute atomic E-state index is 5.65. The Kier molecular flexibility index (Phi) is 6.61. The molecule has 114 valence electrons. The van der Waals surface area contributed by atoms with Gasteiger partial charge < -0.3 is 9.73 Å². The zero-order chi connectivity index (χ0) is 14.2. The minimum absolute atomic E-state index is 0.683. The number of hydrogen-bond donors (Lipinski definition) is 1. The maximum atomic E-state index is 5.65. The van der Waals surface area contributed by atoms with Gasteiger partial charge in [0, 0.05) is 12.1 Å². The van der Waals surface area contributed by atoms with Gasteiger partial charge in [-0.05, 0) is 44.5 Å². The Morgan fingerprint density at radius 2 is 1.85 bits per heavy atom. The Morgan fingerprint density at radius 1 is 1.15 bits per heavy atom. The number of rotatable bonds is 6. The summed E-state index contributed by atoms with van der Waals surface area (Å²) >= 11 is 0. The summed E-state index contributed by atoms with van der Waals surface area (Å²) in [5, 5.41) is 3.47. The average Bonchev–Trinajstić information content (AvgIpc) is 2.79. The summed E-state index contributed by atoms with van der Waals surface area (Å²) in [4.78, 5) is 2.59. The van der Waals surface area contributed by atoms with Crippen LogP contribution in [0.2, 0.25) is 0 Å². The van der Waals surface area contributed by atoms with Crippen molar-refractivity contribution in [2.45, 2.75) is 59.0 Å². The lowest BCUT2D eigenvalue weighted by atomic mass is 10.1. The van der Waals surface area contributed by atoms with Gasteiger partial charge in [0.1, 0.15) is 5.76 Å². The van der Waals surface area contributed by atoms with Gasteiger partial charge in [0.15, 0.2) is 0 Å². The highest BCUT2D eigenvalue weighted by Gasteiger charge is 2.13. The fraction of sp³-hybridized carbons (Fsp3) is 0.765. The van der Waals surface area contributed by atoms with Crippen molar-refractivity contribution in [2.24, 2.45) is 5.92 Å². The first kappa shape index (κ1) is 15.6. The Morgan fingerprint density at radius 3 is 2.55 bits per heavy atom. The van der Waals surface area contributed by atoms with Crippen LogP contribution in [0.5, 0.6) is 0 Å². The summed E-state index contributed by atoms with van der Waals surface area (Å²) in [5.74, 6) is 1.80. The molecular formula is C17H30N2O. The van der Waals surface area contributed by atoms with Gasteiger partial charge >= 0.3 is 0 Å². The first-order valence-electron chi connectivity index (χ1n) is 8.24. The molecule has 0 unspecified atom stereocenters. The van der Waals surface area contributed by atoms with E-state index < -0.39 is 0 Å². The average molecular weight is 278 g/mol. The molecule has 3 heteroatoms. The molecule has 0 saturated carbocycles. The summed E-state index contributed by atoms with van der Waals surface area (Å²) in [5.41, 5.74) is 1.36. The van der Waals surface area contributed by atoms with Crippen LogP contribution in [0, 0.1) is 5.92 Å². The molecular weight excluding hydrogens is 248 g/mol. The molecule has 1 aliphatic heterocycles. The standard InChI is InChI=1S/C17H30N2O/c1-15(2)12-18-13-17-16(8-11-20-17)14-19-9-6-4-3-5-7-10-19/h8,11,15,18H,3-7,9-10,12-14H2,1-2H3. The van der Waals surface area contributed by atoms with E-state index in [1.807, 2.05) is 6.26 Å². The Labute approximate surface area is 123 Å². The van der Waals surface area contributed by atoms with Gasteiger partial charge in [0.2, 0.25) is 0 Å². The van der Waals surface area contributed by atoms with Crippen LogP contribution in [-0.4, -0.2) is 24.5 Å². The van der Waals surface area contributed by atoms with E-state index in [2.05, 4.69) is 30.1 Å². The van der Waals surface area contributed by atoms with Crippen LogP contribution in [-0.2, 0) is 13.1 Å². The molecule has 0 spiro atoms. The topological polar surface area (TPSA) is 28.4 Å². The summed E-state index contributed by atoms with van der Waals surface area (Å²) in [7, 11) is 0. The number of nitrogens with zero attached hydrogens (tertiary/aromatic N) is 1. The smallest absolute Gasteiger partial charge is 0.122 e. The largest absolute Gasteiger partial charge is 0.468 e. The first-order valence-corrected chi connectivity index (χ1v) is 8.24. The number of furan rings is 1. The van der Waals surface area contributed by atoms with Crippen molar-refractivity contribution in [3.8, 4) is 0 Å². The lowest BCUT2D eigenvalue weighted by molar-refractivity contribution is 0.238. The number of hydrogen-bond acceptors (Lipinski definition) is 3. The second kappa shape index (κ2) is 8.48. The molecule has 20 heavy (non-hydrogen) atoms. The molecule has 0 aromatic carbocycles. The molecule has 1 saturated heterocycles. The summed E-state index contributed by atoms with van der Waals surface area (Å²) in [6, 6.07) is 2.14. The Hall–Kier alpha value is -0.800. The zero-order valence-electron chi connectivity index (χ0n) is 13.2. The van der Waals surface area contributed by atoms with Crippen molar-refractivity contribution in [3.63, 3.8) is 0 Å². The van der Waals surface area contributed by atoms with Crippen LogP contribution >= 0.6 is 0 Å². The predicted molar refractivity (Wildman–Crippen MR) is 83.6 cm³/mol. The van der Waals surface area contributed by atoms with Crippen LogP contribution < -0.4 is 5.32 Å². The van der Waals surface area contributed by atoms with Gasteiger partial charge in [0.25, 0.3) is 0 Å². The van der Waals surface area contributed by atoms with Crippen LogP contribution in [0.15, 0.2) is 16.7 Å². The van der Waals surface area contributed by atoms with Gasteiger partial charge in [0.05, 0.1) is 12.8 Å². The normalized spacial score (nSPS) is 18.1. The highest BCUT2D eigenvalue weighted by Crippen LogP contribution is 2.17. The second-order valence-electron chi connectivity index (χ2n) is 6.44. The molecule has 1 N–H and O–H groups in total. The molecule has 1 aromatic rings. The highest BCUT2D eigenvalue weighted by atomic mass is 16.3. The number of likely N-dealkylation sites (tertiary alicyclic amines) is 1. The molecule has 0 amide bonds. The Bertz CT molecular complexity index is 365. The quantitative estimate of drug-likeness (QED) is 0.858. The fourth-order valence-corrected chi connectivity index (χ4v) is 2.85. The van der Waals surface area contributed by atoms with Crippen molar-refractivity contribution >= 4 is 0 Å². The predicted octanol–water partition coefficient (Wildman–Crippen LogP) is 3.79. The van der Waals surface area contributed by atoms with E-state index in [0.717, 1.165) is 25.4 Å². The third-order valence-corrected chi connectivity index (χ3v) is 4.02. The van der Waals surface area contributed by atoms with Crippen molar-refractivity contribution in [1.82, 2.24) is 10.2 Å². The maximum Gasteiger partial charge on any atom is 0.122 e. The molecule has 1 fully saturated rings.